The average molecular weight is 985 g/mol. The summed E-state index contributed by atoms with van der Waals surface area (Å²) in [5.74, 6) is 3.31. The predicted molar refractivity (Wildman–Crippen MR) is 298 cm³/mol. The van der Waals surface area contributed by atoms with Gasteiger partial charge in [0.2, 0.25) is 5.91 Å². The van der Waals surface area contributed by atoms with Gasteiger partial charge < -0.3 is 15.2 Å². The van der Waals surface area contributed by atoms with Crippen molar-refractivity contribution in [3.63, 3.8) is 0 Å². The molecule has 0 radical (unpaired) electrons. The largest absolute Gasteiger partial charge is 0.393 e. The zero-order chi connectivity index (χ0) is 56.4. The van der Waals surface area contributed by atoms with Gasteiger partial charge in [0.1, 0.15) is 5.78 Å². The van der Waals surface area contributed by atoms with Crippen molar-refractivity contribution in [3.8, 4) is 0 Å². The van der Waals surface area contributed by atoms with Gasteiger partial charge >= 0.3 is 6.18 Å². The summed E-state index contributed by atoms with van der Waals surface area (Å²) in [6.45, 7) is 65.4. The van der Waals surface area contributed by atoms with Crippen LogP contribution in [0, 0.1) is 76.9 Å². The lowest BCUT2D eigenvalue weighted by atomic mass is 9.85. The maximum Gasteiger partial charge on any atom is 0.392 e. The topological polar surface area (TPSA) is 99.7 Å². The number of hydrogen-bond acceptors (Lipinski definition) is 6. The highest BCUT2D eigenvalue weighted by Gasteiger charge is 2.43. The van der Waals surface area contributed by atoms with E-state index >= 15 is 0 Å². The van der Waals surface area contributed by atoms with Crippen molar-refractivity contribution in [2.75, 3.05) is 6.61 Å². The molecule has 1 amide bonds. The van der Waals surface area contributed by atoms with E-state index in [4.69, 9.17) is 4.74 Å². The second-order valence-electron chi connectivity index (χ2n) is 23.2. The number of alkyl halides is 3. The lowest BCUT2D eigenvalue weighted by molar-refractivity contribution is -0.197. The summed E-state index contributed by atoms with van der Waals surface area (Å²) in [6, 6.07) is 1.54. The first-order valence-corrected chi connectivity index (χ1v) is 26.5. The number of ketones is 1. The molecule has 0 unspecified atom stereocenters. The van der Waals surface area contributed by atoms with Gasteiger partial charge in [0.15, 0.2) is 0 Å². The fraction of sp³-hybridized carbons (Fsp3) is 0.897. The van der Waals surface area contributed by atoms with Gasteiger partial charge in [-0.1, -0.05) is 218 Å². The number of carbonyl (C=O) groups excluding carboxylic acids is 2. The van der Waals surface area contributed by atoms with E-state index in [1.54, 1.807) is 27.7 Å². The Bertz CT molecular complexity index is 1040. The van der Waals surface area contributed by atoms with Gasteiger partial charge in [-0.2, -0.15) is 13.2 Å². The summed E-state index contributed by atoms with van der Waals surface area (Å²) >= 11 is 0. The first-order chi connectivity index (χ1) is 30.4. The van der Waals surface area contributed by atoms with Crippen LogP contribution >= 0.6 is 0 Å². The Labute approximate surface area is 425 Å². The Hall–Kier alpha value is -1.75. The number of nitrogens with one attached hydrogen (secondary N) is 3. The molecule has 0 atom stereocenters. The number of allylic oxidation sites excluding steroid dienone is 4. The van der Waals surface area contributed by atoms with Gasteiger partial charge in [0, 0.05) is 42.5 Å². The van der Waals surface area contributed by atoms with Crippen LogP contribution in [0.2, 0.25) is 0 Å². The van der Waals surface area contributed by atoms with Gasteiger partial charge in [-0.25, -0.2) is 5.43 Å². The van der Waals surface area contributed by atoms with Crippen molar-refractivity contribution in [1.29, 1.82) is 0 Å². The lowest BCUT2D eigenvalue weighted by Gasteiger charge is -2.26. The Balaban J connectivity index is -0.000000101. The highest BCUT2D eigenvalue weighted by Crippen LogP contribution is 2.37. The maximum absolute atomic E-state index is 12.2. The minimum Gasteiger partial charge on any atom is -0.393 e. The second-order valence-corrected chi connectivity index (χ2v) is 23.2. The number of hydrazine groups is 1. The van der Waals surface area contributed by atoms with E-state index in [2.05, 4.69) is 151 Å². The number of carbonyl (C=O) groups is 2. The Morgan fingerprint density at radius 2 is 0.765 bits per heavy atom. The molecule has 4 N–H and O–H groups in total. The van der Waals surface area contributed by atoms with E-state index in [-0.39, 0.29) is 41.6 Å². The van der Waals surface area contributed by atoms with E-state index in [9.17, 15) is 27.9 Å². The third kappa shape index (κ3) is 81.2. The SMILES string of the molecule is CC(C)C(=O)C(C)C.CC(C)C(C(C)C)C(F)(F)F.CC(C)C(O)C(C)C.CC(C)C=CC(C)C.CC(C)C=CC(C)C.CC(C)COC(C)C.CC(C)NC(C)C.CC(C)NNC(=O)C(C)C. The molecule has 416 valence electrons. The molecule has 0 heterocycles. The Morgan fingerprint density at radius 1 is 0.471 bits per heavy atom. The normalized spacial score (nSPS) is 11.8. The van der Waals surface area contributed by atoms with Crippen molar-refractivity contribution in [1.82, 2.24) is 16.2 Å². The van der Waals surface area contributed by atoms with Crippen LogP contribution in [0.1, 0.15) is 222 Å². The van der Waals surface area contributed by atoms with E-state index < -0.39 is 12.1 Å². The summed E-state index contributed by atoms with van der Waals surface area (Å²) in [5.41, 5.74) is 5.42. The zero-order valence-corrected chi connectivity index (χ0v) is 51.2. The molecule has 68 heavy (non-hydrogen) atoms. The van der Waals surface area contributed by atoms with E-state index in [1.165, 1.54) is 0 Å². The van der Waals surface area contributed by atoms with Crippen molar-refractivity contribution >= 4 is 11.7 Å². The van der Waals surface area contributed by atoms with Crippen molar-refractivity contribution in [2.24, 2.45) is 76.9 Å². The summed E-state index contributed by atoms with van der Waals surface area (Å²) in [7, 11) is 0. The molecular weight excluding hydrogens is 860 g/mol. The summed E-state index contributed by atoms with van der Waals surface area (Å²) < 4.78 is 42.0. The minimum atomic E-state index is -4.04. The first kappa shape index (κ1) is 83.1. The minimum absolute atomic E-state index is 0.0358. The quantitative estimate of drug-likeness (QED) is 0.0807. The Morgan fingerprint density at radius 3 is 0.838 bits per heavy atom. The van der Waals surface area contributed by atoms with Gasteiger partial charge in [-0.3, -0.25) is 15.0 Å². The van der Waals surface area contributed by atoms with E-state index in [1.807, 2.05) is 83.1 Å². The molecule has 0 aliphatic heterocycles. The molecule has 10 heteroatoms. The fourth-order valence-corrected chi connectivity index (χ4v) is 5.26. The van der Waals surface area contributed by atoms with Crippen molar-refractivity contribution < 1.29 is 32.6 Å². The summed E-state index contributed by atoms with van der Waals surface area (Å²) in [4.78, 5) is 21.7. The third-order valence-corrected chi connectivity index (χ3v) is 8.52. The molecule has 0 aliphatic carbocycles. The zero-order valence-electron chi connectivity index (χ0n) is 51.2. The van der Waals surface area contributed by atoms with Crippen molar-refractivity contribution in [2.45, 2.75) is 258 Å². The predicted octanol–water partition coefficient (Wildman–Crippen LogP) is 16.8. The molecule has 0 bridgehead atoms. The Kier molecular flexibility index (Phi) is 61.4. The van der Waals surface area contributed by atoms with Gasteiger partial charge in [0.25, 0.3) is 0 Å². The van der Waals surface area contributed by atoms with Crippen LogP contribution in [0.25, 0.3) is 0 Å². The molecule has 0 aliphatic rings. The van der Waals surface area contributed by atoms with Crippen LogP contribution < -0.4 is 16.2 Å². The number of ether oxygens (including phenoxy) is 1. The van der Waals surface area contributed by atoms with Crippen LogP contribution in [0.5, 0.6) is 0 Å². The van der Waals surface area contributed by atoms with Crippen LogP contribution in [0.3, 0.4) is 0 Å². The fourth-order valence-electron chi connectivity index (χ4n) is 5.26. The molecule has 7 nitrogen and oxygen atoms in total. The van der Waals surface area contributed by atoms with Crippen LogP contribution in [-0.4, -0.2) is 59.9 Å². The van der Waals surface area contributed by atoms with E-state index in [0.717, 1.165) is 6.61 Å². The van der Waals surface area contributed by atoms with Crippen LogP contribution in [0.15, 0.2) is 24.3 Å². The number of aliphatic hydroxyl groups excluding tert-OH is 1. The number of aliphatic hydroxyl groups is 1. The smallest absolute Gasteiger partial charge is 0.392 e. The number of halogens is 3. The number of hydrogen-bond donors (Lipinski definition) is 4. The highest BCUT2D eigenvalue weighted by atomic mass is 19.4. The summed E-state index contributed by atoms with van der Waals surface area (Å²) in [6.07, 6.45) is 5.18. The first-order valence-electron chi connectivity index (χ1n) is 26.5. The molecule has 0 saturated heterocycles. The maximum atomic E-state index is 12.2. The molecule has 0 aromatic heterocycles. The average Bonchev–Trinajstić information content (AvgIpc) is 3.13. The highest BCUT2D eigenvalue weighted by molar-refractivity contribution is 5.82. The van der Waals surface area contributed by atoms with Crippen LogP contribution in [-0.2, 0) is 14.3 Å². The molecule has 0 aromatic carbocycles. The monoisotopic (exact) mass is 984 g/mol. The van der Waals surface area contributed by atoms with Crippen molar-refractivity contribution in [3.05, 3.63) is 24.3 Å². The standard InChI is InChI=1S/C8H15F3.2C8H16.C7H16N2O.2C7H16O.C7H14O.C6H15N/c1-5(2)7(6(3)4)8(9,10)11;2*1-7(2)5-6-8(3)4;1-5(2)7(10)9-8-6(3)4;1-6(2)5-8-7(3)4;2*1-5(2)7(8)6(3)4;1-5(2)7-6(3)4/h5-7H,1-4H3;2*5-8H,1-4H3;5-6,8H,1-4H3,(H,9,10);6-7H,5H2,1-4H3;5-8H,1-4H3;5-6H,1-4H3;5-7H,1-4H3. The molecule has 0 aromatic rings. The third-order valence-electron chi connectivity index (χ3n) is 8.52. The van der Waals surface area contributed by atoms with Crippen LogP contribution in [0.4, 0.5) is 13.2 Å². The molecule has 0 saturated carbocycles. The lowest BCUT2D eigenvalue weighted by Crippen LogP contribution is -2.43. The van der Waals surface area contributed by atoms with Gasteiger partial charge in [-0.15, -0.1) is 0 Å². The van der Waals surface area contributed by atoms with Gasteiger partial charge in [0.05, 0.1) is 18.1 Å². The number of Topliss-reactive ketones (excluding diaryl/α,β-unsaturated/α-hetero) is 1. The molecule has 0 fully saturated rings. The second kappa shape index (κ2) is 50.2. The van der Waals surface area contributed by atoms with E-state index in [0.29, 0.717) is 71.4 Å². The molecule has 0 spiro atoms. The van der Waals surface area contributed by atoms with Gasteiger partial charge in [-0.05, 0) is 81.0 Å². The number of amides is 1. The molecule has 0 rings (SSSR count). The molecular formula is C58H124F3N3O4. The summed E-state index contributed by atoms with van der Waals surface area (Å²) in [5, 5.41) is 12.5. The number of rotatable bonds is 18.